The van der Waals surface area contributed by atoms with Gasteiger partial charge >= 0.3 is 0 Å². The van der Waals surface area contributed by atoms with Crippen molar-refractivity contribution in [1.82, 2.24) is 15.6 Å². The standard InChI is InChI=1S/C17H22N4O2S2/c1-2-18-17(21-14-8-9-25(22,23)12-14)19-10-15-11-24-16(20-15)13-6-4-3-5-7-13/h3-7,11,14H,2,8-10,12H2,1H3,(H2,18,19,21). The molecule has 0 aliphatic carbocycles. The lowest BCUT2D eigenvalue weighted by Crippen LogP contribution is -2.44. The molecule has 1 atom stereocenters. The molecular formula is C17H22N4O2S2. The van der Waals surface area contributed by atoms with Crippen LogP contribution in [0.5, 0.6) is 0 Å². The number of benzene rings is 1. The van der Waals surface area contributed by atoms with E-state index in [0.717, 1.165) is 22.8 Å². The van der Waals surface area contributed by atoms with Gasteiger partial charge in [0.2, 0.25) is 0 Å². The van der Waals surface area contributed by atoms with Gasteiger partial charge in [-0.15, -0.1) is 11.3 Å². The molecule has 1 saturated heterocycles. The van der Waals surface area contributed by atoms with Crippen LogP contribution in [0.3, 0.4) is 0 Å². The zero-order valence-electron chi connectivity index (χ0n) is 14.1. The lowest BCUT2D eigenvalue weighted by molar-refractivity contribution is 0.599. The van der Waals surface area contributed by atoms with Gasteiger partial charge in [0.15, 0.2) is 15.8 Å². The van der Waals surface area contributed by atoms with Crippen LogP contribution in [0.2, 0.25) is 0 Å². The smallest absolute Gasteiger partial charge is 0.191 e. The van der Waals surface area contributed by atoms with E-state index in [2.05, 4.69) is 20.6 Å². The molecule has 0 radical (unpaired) electrons. The van der Waals surface area contributed by atoms with Crippen LogP contribution < -0.4 is 10.6 Å². The molecule has 6 nitrogen and oxygen atoms in total. The maximum Gasteiger partial charge on any atom is 0.191 e. The minimum atomic E-state index is -2.91. The number of hydrogen-bond donors (Lipinski definition) is 2. The molecule has 2 aromatic rings. The van der Waals surface area contributed by atoms with Gasteiger partial charge in [0.1, 0.15) is 5.01 Å². The summed E-state index contributed by atoms with van der Waals surface area (Å²) in [5.74, 6) is 1.06. The number of guanidine groups is 1. The summed E-state index contributed by atoms with van der Waals surface area (Å²) in [4.78, 5) is 9.17. The summed E-state index contributed by atoms with van der Waals surface area (Å²) in [6.45, 7) is 3.16. The number of aliphatic imine (C=N–C) groups is 1. The third-order valence-corrected chi connectivity index (χ3v) is 6.60. The number of hydrogen-bond acceptors (Lipinski definition) is 5. The van der Waals surface area contributed by atoms with E-state index in [1.807, 2.05) is 42.6 Å². The Bertz CT molecular complexity index is 831. The van der Waals surface area contributed by atoms with Crippen molar-refractivity contribution in [2.75, 3.05) is 18.1 Å². The quantitative estimate of drug-likeness (QED) is 0.615. The van der Waals surface area contributed by atoms with Crippen molar-refractivity contribution in [2.24, 2.45) is 4.99 Å². The molecule has 0 spiro atoms. The Balaban J connectivity index is 1.65. The van der Waals surface area contributed by atoms with Gasteiger partial charge in [0, 0.05) is 23.5 Å². The van der Waals surface area contributed by atoms with Crippen molar-refractivity contribution < 1.29 is 8.42 Å². The van der Waals surface area contributed by atoms with Crippen molar-refractivity contribution in [3.05, 3.63) is 41.4 Å². The molecule has 1 aromatic heterocycles. The van der Waals surface area contributed by atoms with Crippen LogP contribution in [0.4, 0.5) is 0 Å². The first-order chi connectivity index (χ1) is 12.1. The fourth-order valence-electron chi connectivity index (χ4n) is 2.68. The summed E-state index contributed by atoms with van der Waals surface area (Å²) in [5, 5.41) is 9.37. The summed E-state index contributed by atoms with van der Waals surface area (Å²) in [6, 6.07) is 9.99. The predicted octanol–water partition coefficient (Wildman–Crippen LogP) is 2.05. The predicted molar refractivity (Wildman–Crippen MR) is 103 cm³/mol. The molecule has 25 heavy (non-hydrogen) atoms. The summed E-state index contributed by atoms with van der Waals surface area (Å²) in [6.07, 6.45) is 0.627. The Labute approximate surface area is 152 Å². The summed E-state index contributed by atoms with van der Waals surface area (Å²) in [7, 11) is -2.91. The normalized spacial score (nSPS) is 19.7. The van der Waals surface area contributed by atoms with Crippen molar-refractivity contribution in [3.8, 4) is 10.6 Å². The molecule has 1 aliphatic rings. The van der Waals surface area contributed by atoms with Gasteiger partial charge in [-0.3, -0.25) is 0 Å². The minimum Gasteiger partial charge on any atom is -0.357 e. The van der Waals surface area contributed by atoms with E-state index in [4.69, 9.17) is 0 Å². The molecule has 1 aliphatic heterocycles. The molecule has 1 aromatic carbocycles. The minimum absolute atomic E-state index is 0.0712. The molecule has 0 bridgehead atoms. The highest BCUT2D eigenvalue weighted by atomic mass is 32.2. The van der Waals surface area contributed by atoms with Gasteiger partial charge in [-0.2, -0.15) is 0 Å². The van der Waals surface area contributed by atoms with Crippen LogP contribution in [-0.4, -0.2) is 43.5 Å². The first-order valence-electron chi connectivity index (χ1n) is 8.31. The molecule has 2 heterocycles. The number of nitrogens with one attached hydrogen (secondary N) is 2. The van der Waals surface area contributed by atoms with Gasteiger partial charge in [-0.1, -0.05) is 30.3 Å². The van der Waals surface area contributed by atoms with E-state index >= 15 is 0 Å². The van der Waals surface area contributed by atoms with Crippen LogP contribution in [0.25, 0.3) is 10.6 Å². The maximum atomic E-state index is 11.6. The van der Waals surface area contributed by atoms with Crippen LogP contribution in [0.15, 0.2) is 40.7 Å². The zero-order chi connectivity index (χ0) is 17.7. The lowest BCUT2D eigenvalue weighted by Gasteiger charge is -2.15. The summed E-state index contributed by atoms with van der Waals surface area (Å²) < 4.78 is 23.2. The number of thiazole rings is 1. The molecule has 0 amide bonds. The molecule has 0 saturated carbocycles. The molecule has 2 N–H and O–H groups in total. The average molecular weight is 379 g/mol. The molecular weight excluding hydrogens is 356 g/mol. The van der Waals surface area contributed by atoms with E-state index in [1.54, 1.807) is 11.3 Å². The molecule has 134 valence electrons. The fourth-order valence-corrected chi connectivity index (χ4v) is 5.17. The zero-order valence-corrected chi connectivity index (χ0v) is 15.7. The third kappa shape index (κ3) is 5.02. The second kappa shape index (κ2) is 7.97. The lowest BCUT2D eigenvalue weighted by atomic mass is 10.2. The second-order valence-corrected chi connectivity index (χ2v) is 9.04. The molecule has 1 fully saturated rings. The molecule has 8 heteroatoms. The van der Waals surface area contributed by atoms with Crippen molar-refractivity contribution in [2.45, 2.75) is 25.9 Å². The largest absolute Gasteiger partial charge is 0.357 e. The monoisotopic (exact) mass is 378 g/mol. The fraction of sp³-hybridized carbons (Fsp3) is 0.412. The van der Waals surface area contributed by atoms with Crippen LogP contribution in [0.1, 0.15) is 19.0 Å². The number of sulfone groups is 1. The van der Waals surface area contributed by atoms with Gasteiger partial charge in [0.25, 0.3) is 0 Å². The SMILES string of the molecule is CCNC(=NCc1csc(-c2ccccc2)n1)NC1CCS(=O)(=O)C1. The van der Waals surface area contributed by atoms with E-state index in [1.165, 1.54) is 0 Å². The second-order valence-electron chi connectivity index (χ2n) is 5.95. The van der Waals surface area contributed by atoms with E-state index in [0.29, 0.717) is 18.9 Å². The van der Waals surface area contributed by atoms with Crippen LogP contribution in [0, 0.1) is 0 Å². The highest BCUT2D eigenvalue weighted by Crippen LogP contribution is 2.23. The Hall–Kier alpha value is -1.93. The Morgan fingerprint density at radius 3 is 2.84 bits per heavy atom. The van der Waals surface area contributed by atoms with Gasteiger partial charge in [-0.05, 0) is 13.3 Å². The van der Waals surface area contributed by atoms with E-state index < -0.39 is 9.84 Å². The number of aromatic nitrogens is 1. The third-order valence-electron chi connectivity index (χ3n) is 3.89. The van der Waals surface area contributed by atoms with Crippen molar-refractivity contribution >= 4 is 27.1 Å². The van der Waals surface area contributed by atoms with Crippen molar-refractivity contribution in [3.63, 3.8) is 0 Å². The highest BCUT2D eigenvalue weighted by Gasteiger charge is 2.28. The Morgan fingerprint density at radius 1 is 1.36 bits per heavy atom. The topological polar surface area (TPSA) is 83.4 Å². The Morgan fingerprint density at radius 2 is 2.16 bits per heavy atom. The van der Waals surface area contributed by atoms with Gasteiger partial charge in [0.05, 0.1) is 23.7 Å². The average Bonchev–Trinajstić information content (AvgIpc) is 3.20. The maximum absolute atomic E-state index is 11.6. The van der Waals surface area contributed by atoms with E-state index in [-0.39, 0.29) is 17.5 Å². The Kier molecular flexibility index (Phi) is 5.70. The first-order valence-corrected chi connectivity index (χ1v) is 11.0. The van der Waals surface area contributed by atoms with Crippen LogP contribution >= 0.6 is 11.3 Å². The highest BCUT2D eigenvalue weighted by molar-refractivity contribution is 7.91. The first kappa shape index (κ1) is 17.9. The van der Waals surface area contributed by atoms with Gasteiger partial charge < -0.3 is 10.6 Å². The van der Waals surface area contributed by atoms with Crippen molar-refractivity contribution in [1.29, 1.82) is 0 Å². The number of nitrogens with zero attached hydrogens (tertiary/aromatic N) is 2. The van der Waals surface area contributed by atoms with E-state index in [9.17, 15) is 8.42 Å². The number of rotatable bonds is 5. The summed E-state index contributed by atoms with van der Waals surface area (Å²) in [5.41, 5.74) is 2.00. The van der Waals surface area contributed by atoms with Gasteiger partial charge in [-0.25, -0.2) is 18.4 Å². The molecule has 1 unspecified atom stereocenters. The summed E-state index contributed by atoms with van der Waals surface area (Å²) >= 11 is 1.60. The van der Waals surface area contributed by atoms with Crippen LogP contribution in [-0.2, 0) is 16.4 Å². The molecule has 3 rings (SSSR count).